The number of non-ortho nitro benzene ring substituents is 1. The number of rotatable bonds is 10. The number of allylic oxidation sites excluding steroid dienone is 1. The first kappa shape index (κ1) is 32.1. The zero-order valence-corrected chi connectivity index (χ0v) is 28.1. The fourth-order valence-electron chi connectivity index (χ4n) is 5.20. The van der Waals surface area contributed by atoms with Crippen LogP contribution in [0.15, 0.2) is 53.1 Å². The van der Waals surface area contributed by atoms with Crippen molar-refractivity contribution < 1.29 is 18.9 Å². The Morgan fingerprint density at radius 2 is 1.78 bits per heavy atom. The monoisotopic (exact) mass is 652 g/mol. The summed E-state index contributed by atoms with van der Waals surface area (Å²) in [5, 5.41) is 11.5. The topological polar surface area (TPSA) is 89.8 Å². The number of halogens is 2. The molecule has 0 unspecified atom stereocenters. The van der Waals surface area contributed by atoms with Crippen LogP contribution >= 0.6 is 47.6 Å². The molecule has 2 aromatic rings. The summed E-state index contributed by atoms with van der Waals surface area (Å²) < 4.78 is 6.86. The van der Waals surface area contributed by atoms with E-state index in [1.807, 2.05) is 13.0 Å². The fourth-order valence-corrected chi connectivity index (χ4v) is 9.08. The lowest BCUT2D eigenvalue weighted by molar-refractivity contribution is -0.384. The number of nitro benzene ring substituents is 1. The molecule has 0 radical (unpaired) electrons. The van der Waals surface area contributed by atoms with Gasteiger partial charge >= 0.3 is 0 Å². The molecule has 0 saturated carbocycles. The Labute approximate surface area is 261 Å². The summed E-state index contributed by atoms with van der Waals surface area (Å²) in [7, 11) is -2.26. The zero-order chi connectivity index (χ0) is 30.5. The predicted octanol–water partition coefficient (Wildman–Crippen LogP) is 8.06. The minimum Gasteiger partial charge on any atom is -0.413 e. The Morgan fingerprint density at radius 3 is 2.29 bits per heavy atom. The number of benzene rings is 2. The molecule has 1 fully saturated rings. The van der Waals surface area contributed by atoms with Gasteiger partial charge in [0.05, 0.1) is 27.0 Å². The second-order valence-electron chi connectivity index (χ2n) is 12.0. The quantitative estimate of drug-likeness (QED) is 0.0918. The molecule has 2 aliphatic rings. The van der Waals surface area contributed by atoms with Crippen LogP contribution in [-0.2, 0) is 26.9 Å². The van der Waals surface area contributed by atoms with Crippen LogP contribution in [0.2, 0.25) is 28.2 Å². The van der Waals surface area contributed by atoms with E-state index in [9.17, 15) is 19.7 Å². The molecule has 0 spiro atoms. The Bertz CT molecular complexity index is 1430. The van der Waals surface area contributed by atoms with Crippen LogP contribution in [0.3, 0.4) is 0 Å². The van der Waals surface area contributed by atoms with Crippen molar-refractivity contribution in [3.05, 3.63) is 84.4 Å². The maximum absolute atomic E-state index is 14.0. The number of nitro groups is 1. The molecular formula is C29H34Cl2N2O5S2Si. The maximum atomic E-state index is 14.0. The van der Waals surface area contributed by atoms with E-state index < -0.39 is 29.1 Å². The first-order chi connectivity index (χ1) is 19.0. The molecule has 0 aliphatic carbocycles. The molecule has 1 saturated heterocycles. The second-order valence-corrected chi connectivity index (χ2v) is 19.4. The zero-order valence-electron chi connectivity index (χ0n) is 23.9. The Hall–Kier alpha value is -1.82. The van der Waals surface area contributed by atoms with Crippen LogP contribution in [0.4, 0.5) is 5.69 Å². The molecule has 0 bridgehead atoms. The number of thioether (sulfide) groups is 1. The third-order valence-corrected chi connectivity index (χ3v) is 15.3. The van der Waals surface area contributed by atoms with Gasteiger partial charge in [0.1, 0.15) is 10.6 Å². The predicted molar refractivity (Wildman–Crippen MR) is 171 cm³/mol. The van der Waals surface area contributed by atoms with Gasteiger partial charge in [-0.3, -0.25) is 24.6 Å². The van der Waals surface area contributed by atoms with Gasteiger partial charge in [0.15, 0.2) is 8.32 Å². The molecule has 2 aliphatic heterocycles. The van der Waals surface area contributed by atoms with Gasteiger partial charge < -0.3 is 4.43 Å². The van der Waals surface area contributed by atoms with Crippen molar-refractivity contribution in [2.24, 2.45) is 5.92 Å². The molecule has 0 N–H and O–H groups in total. The average Bonchev–Trinajstić information content (AvgIpc) is 3.15. The number of nitrogens with zero attached hydrogens (tertiary/aromatic N) is 2. The summed E-state index contributed by atoms with van der Waals surface area (Å²) in [6.07, 6.45) is 0.984. The molecular weight excluding hydrogens is 619 g/mol. The van der Waals surface area contributed by atoms with Gasteiger partial charge in [0.2, 0.25) is 11.0 Å². The van der Waals surface area contributed by atoms with Crippen molar-refractivity contribution in [2.75, 3.05) is 0 Å². The largest absolute Gasteiger partial charge is 0.413 e. The molecule has 2 heterocycles. The number of amides is 1. The van der Waals surface area contributed by atoms with Gasteiger partial charge in [-0.1, -0.05) is 93.5 Å². The Balaban J connectivity index is 1.79. The number of hydrogen-bond donors (Lipinski definition) is 1. The van der Waals surface area contributed by atoms with Crippen LogP contribution in [0.1, 0.15) is 45.2 Å². The number of carbonyl (C=O) groups excluding carboxylic acids is 2. The van der Waals surface area contributed by atoms with E-state index in [2.05, 4.69) is 46.5 Å². The number of fused-ring (bicyclic) bond motifs is 1. The first-order valence-corrected chi connectivity index (χ1v) is 18.3. The Morgan fingerprint density at radius 1 is 1.17 bits per heavy atom. The molecule has 4 rings (SSSR count). The van der Waals surface area contributed by atoms with Crippen molar-refractivity contribution in [2.45, 2.75) is 76.1 Å². The van der Waals surface area contributed by atoms with Crippen LogP contribution in [0.5, 0.6) is 0 Å². The van der Waals surface area contributed by atoms with Crippen molar-refractivity contribution in [3.63, 3.8) is 0 Å². The van der Waals surface area contributed by atoms with Gasteiger partial charge in [-0.05, 0) is 47.8 Å². The highest BCUT2D eigenvalue weighted by Crippen LogP contribution is 2.62. The first-order valence-electron chi connectivity index (χ1n) is 13.4. The highest BCUT2D eigenvalue weighted by atomic mass is 35.5. The molecule has 0 aromatic heterocycles. The van der Waals surface area contributed by atoms with Crippen molar-refractivity contribution >= 4 is 72.6 Å². The summed E-state index contributed by atoms with van der Waals surface area (Å²) in [4.78, 5) is 39.3. The van der Waals surface area contributed by atoms with E-state index in [0.29, 0.717) is 34.2 Å². The van der Waals surface area contributed by atoms with E-state index in [4.69, 9.17) is 27.6 Å². The van der Waals surface area contributed by atoms with Crippen LogP contribution in [0.25, 0.3) is 0 Å². The average molecular weight is 654 g/mol. The molecule has 3 atom stereocenters. The van der Waals surface area contributed by atoms with Gasteiger partial charge in [-0.15, -0.1) is 0 Å². The highest BCUT2D eigenvalue weighted by Gasteiger charge is 2.68. The third kappa shape index (κ3) is 6.01. The molecule has 7 nitrogen and oxygen atoms in total. The van der Waals surface area contributed by atoms with E-state index in [0.717, 1.165) is 11.1 Å². The minimum absolute atomic E-state index is 0.0132. The van der Waals surface area contributed by atoms with Crippen molar-refractivity contribution in [1.29, 1.82) is 0 Å². The number of thiol groups is 1. The minimum atomic E-state index is -2.26. The molecule has 12 heteroatoms. The van der Waals surface area contributed by atoms with E-state index >= 15 is 0 Å². The van der Waals surface area contributed by atoms with E-state index in [-0.39, 0.29) is 28.4 Å². The standard InChI is InChI=1S/C29H34Cl2N2O5S2Si/c1-7-22(38-41(5,6)28(2,3)4)24-26(34)32-25(27(35)39)23(15-18-10-13-20(30)21(31)14-18)40-29(24,32)16-17-8-11-19(12-9-17)33(36)37/h8-14,22,24H,7,15-16H2,1-6H3,(H,35,39)/t22-,24+,29+/m0/s1. The highest BCUT2D eigenvalue weighted by molar-refractivity contribution is 8.05. The SMILES string of the molecule is CC[C@H](O[Si](C)(C)C(C)(C)C)[C@@H]1C(=O)N2C(C(=O)S)=C(Cc3ccc(Cl)c(Cl)c3)S[C@]12Cc1ccc([N+](=O)[O-])cc1. The normalized spacial score (nSPS) is 21.5. The smallest absolute Gasteiger partial charge is 0.269 e. The summed E-state index contributed by atoms with van der Waals surface area (Å²) >= 11 is 18.1. The third-order valence-electron chi connectivity index (χ3n) is 8.32. The van der Waals surface area contributed by atoms with Crippen molar-refractivity contribution in [1.82, 2.24) is 4.90 Å². The van der Waals surface area contributed by atoms with E-state index in [1.165, 1.54) is 23.9 Å². The lowest BCUT2D eigenvalue weighted by atomic mass is 9.77. The maximum Gasteiger partial charge on any atom is 0.269 e. The van der Waals surface area contributed by atoms with Crippen LogP contribution in [0, 0.1) is 16.0 Å². The molecule has 1 amide bonds. The number of hydrogen-bond acceptors (Lipinski definition) is 6. The van der Waals surface area contributed by atoms with Crippen molar-refractivity contribution in [3.8, 4) is 0 Å². The van der Waals surface area contributed by atoms with E-state index in [1.54, 1.807) is 29.2 Å². The van der Waals surface area contributed by atoms with Gasteiger partial charge in [-0.2, -0.15) is 0 Å². The summed E-state index contributed by atoms with van der Waals surface area (Å²) in [6, 6.07) is 11.6. The summed E-state index contributed by atoms with van der Waals surface area (Å²) in [6.45, 7) is 12.8. The molecule has 41 heavy (non-hydrogen) atoms. The Kier molecular flexibility index (Phi) is 9.15. The van der Waals surface area contributed by atoms with Crippen LogP contribution < -0.4 is 0 Å². The molecule has 220 valence electrons. The number of carbonyl (C=O) groups is 2. The van der Waals surface area contributed by atoms with Gasteiger partial charge in [0, 0.05) is 29.9 Å². The summed E-state index contributed by atoms with van der Waals surface area (Å²) in [5.41, 5.74) is 1.90. The lowest BCUT2D eigenvalue weighted by Gasteiger charge is -2.57. The number of β-lactam (4-membered cyclic amide) rings is 1. The lowest BCUT2D eigenvalue weighted by Crippen LogP contribution is -2.72. The van der Waals surface area contributed by atoms with Gasteiger partial charge in [-0.25, -0.2) is 0 Å². The second kappa shape index (κ2) is 11.7. The summed E-state index contributed by atoms with van der Waals surface area (Å²) in [5.74, 6) is -0.706. The van der Waals surface area contributed by atoms with Gasteiger partial charge in [0.25, 0.3) is 5.69 Å². The molecule has 2 aromatic carbocycles. The van der Waals surface area contributed by atoms with Crippen LogP contribution in [-0.4, -0.2) is 40.1 Å². The fraction of sp³-hybridized carbons (Fsp3) is 0.448.